The molecular weight excluding hydrogens is 332 g/mol. The van der Waals surface area contributed by atoms with Crippen LogP contribution in [0, 0.1) is 0 Å². The fraction of sp³-hybridized carbons (Fsp3) is 0.550. The maximum absolute atomic E-state index is 12.8. The number of carbonyl (C=O) groups is 1. The molecule has 0 N–H and O–H groups in total. The molecular formula is C20H24N2O4. The molecule has 0 spiro atoms. The first-order valence-corrected chi connectivity index (χ1v) is 9.54. The van der Waals surface area contributed by atoms with Gasteiger partial charge < -0.3 is 9.47 Å². The zero-order valence-electron chi connectivity index (χ0n) is 14.9. The molecule has 4 rings (SSSR count). The lowest BCUT2D eigenvalue weighted by molar-refractivity contribution is 0.0161. The Labute approximate surface area is 152 Å². The van der Waals surface area contributed by atoms with Crippen molar-refractivity contribution >= 4 is 16.9 Å². The number of esters is 1. The third-order valence-corrected chi connectivity index (χ3v) is 5.23. The first-order chi connectivity index (χ1) is 12.7. The summed E-state index contributed by atoms with van der Waals surface area (Å²) in [4.78, 5) is 29.8. The lowest BCUT2D eigenvalue weighted by atomic mass is 10.1. The van der Waals surface area contributed by atoms with Crippen molar-refractivity contribution in [3.8, 4) is 0 Å². The maximum atomic E-state index is 12.8. The van der Waals surface area contributed by atoms with Crippen LogP contribution < -0.4 is 5.56 Å². The second-order valence-electron chi connectivity index (χ2n) is 7.11. The van der Waals surface area contributed by atoms with Gasteiger partial charge in [-0.25, -0.2) is 9.78 Å². The van der Waals surface area contributed by atoms with Gasteiger partial charge in [-0.15, -0.1) is 0 Å². The number of aromatic nitrogens is 2. The molecule has 1 aromatic heterocycles. The Morgan fingerprint density at radius 1 is 1.23 bits per heavy atom. The topological polar surface area (TPSA) is 70.4 Å². The highest BCUT2D eigenvalue weighted by Gasteiger charge is 2.19. The molecule has 3 heterocycles. The monoisotopic (exact) mass is 356 g/mol. The summed E-state index contributed by atoms with van der Waals surface area (Å²) in [5, 5.41) is 0.560. The van der Waals surface area contributed by atoms with Crippen LogP contribution in [0.1, 0.15) is 54.7 Å². The largest absolute Gasteiger partial charge is 0.459 e. The molecule has 1 aromatic carbocycles. The Morgan fingerprint density at radius 3 is 2.96 bits per heavy atom. The van der Waals surface area contributed by atoms with E-state index in [1.807, 2.05) is 0 Å². The highest BCUT2D eigenvalue weighted by molar-refractivity contribution is 5.94. The number of hydrogen-bond donors (Lipinski definition) is 0. The fourth-order valence-corrected chi connectivity index (χ4v) is 3.75. The van der Waals surface area contributed by atoms with Crippen LogP contribution in [0.25, 0.3) is 10.9 Å². The molecule has 0 amide bonds. The van der Waals surface area contributed by atoms with Crippen molar-refractivity contribution in [1.82, 2.24) is 9.55 Å². The second-order valence-corrected chi connectivity index (χ2v) is 7.11. The second kappa shape index (κ2) is 7.58. The number of rotatable bonds is 3. The Balaban J connectivity index is 1.60. The lowest BCUT2D eigenvalue weighted by Gasteiger charge is -2.16. The fourth-order valence-electron chi connectivity index (χ4n) is 3.75. The number of hydrogen-bond acceptors (Lipinski definition) is 5. The van der Waals surface area contributed by atoms with Crippen LogP contribution in [0.2, 0.25) is 0 Å². The highest BCUT2D eigenvalue weighted by Crippen LogP contribution is 2.18. The SMILES string of the molecule is O=C(OCC1CCCO1)c1ccc2c(=O)n3c(nc2c1)CCCCCC3. The third kappa shape index (κ3) is 3.51. The minimum absolute atomic E-state index is 0.00174. The first kappa shape index (κ1) is 17.2. The molecule has 1 unspecified atom stereocenters. The van der Waals surface area contributed by atoms with E-state index in [9.17, 15) is 9.59 Å². The summed E-state index contributed by atoms with van der Waals surface area (Å²) in [6.07, 6.45) is 7.12. The molecule has 0 saturated carbocycles. The van der Waals surface area contributed by atoms with Gasteiger partial charge in [0.1, 0.15) is 12.4 Å². The summed E-state index contributed by atoms with van der Waals surface area (Å²) in [7, 11) is 0. The van der Waals surface area contributed by atoms with Gasteiger partial charge in [0.15, 0.2) is 0 Å². The summed E-state index contributed by atoms with van der Waals surface area (Å²) in [5.41, 5.74) is 0.998. The van der Waals surface area contributed by atoms with Crippen molar-refractivity contribution in [2.45, 2.75) is 57.6 Å². The van der Waals surface area contributed by atoms with E-state index in [0.717, 1.165) is 57.5 Å². The van der Waals surface area contributed by atoms with Gasteiger partial charge in [0.05, 0.1) is 22.6 Å². The van der Waals surface area contributed by atoms with Crippen LogP contribution >= 0.6 is 0 Å². The molecule has 6 nitrogen and oxygen atoms in total. The van der Waals surface area contributed by atoms with Crippen LogP contribution in [0.3, 0.4) is 0 Å². The normalized spacial score (nSPS) is 20.4. The smallest absolute Gasteiger partial charge is 0.338 e. The van der Waals surface area contributed by atoms with Crippen molar-refractivity contribution in [2.75, 3.05) is 13.2 Å². The third-order valence-electron chi connectivity index (χ3n) is 5.23. The van der Waals surface area contributed by atoms with Gasteiger partial charge in [0.2, 0.25) is 0 Å². The molecule has 0 bridgehead atoms. The molecule has 2 aliphatic rings. The molecule has 2 aliphatic heterocycles. The van der Waals surface area contributed by atoms with Gasteiger partial charge in [0, 0.05) is 19.6 Å². The molecule has 0 radical (unpaired) electrons. The highest BCUT2D eigenvalue weighted by atomic mass is 16.6. The molecule has 1 fully saturated rings. The average Bonchev–Trinajstić information content (AvgIpc) is 3.14. The number of carbonyl (C=O) groups excluding carboxylic acids is 1. The summed E-state index contributed by atoms with van der Waals surface area (Å²) in [6.45, 7) is 1.73. The van der Waals surface area contributed by atoms with E-state index in [1.54, 1.807) is 22.8 Å². The van der Waals surface area contributed by atoms with Crippen LogP contribution in [0.4, 0.5) is 0 Å². The Hall–Kier alpha value is -2.21. The predicted molar refractivity (Wildman–Crippen MR) is 97.4 cm³/mol. The van der Waals surface area contributed by atoms with Crippen LogP contribution in [-0.4, -0.2) is 34.8 Å². The minimum Gasteiger partial charge on any atom is -0.459 e. The van der Waals surface area contributed by atoms with E-state index >= 15 is 0 Å². The van der Waals surface area contributed by atoms with Crippen LogP contribution in [0.15, 0.2) is 23.0 Å². The van der Waals surface area contributed by atoms with Crippen LogP contribution in [-0.2, 0) is 22.4 Å². The maximum Gasteiger partial charge on any atom is 0.338 e. The van der Waals surface area contributed by atoms with E-state index < -0.39 is 5.97 Å². The van der Waals surface area contributed by atoms with Crippen molar-refractivity contribution in [2.24, 2.45) is 0 Å². The first-order valence-electron chi connectivity index (χ1n) is 9.54. The van der Waals surface area contributed by atoms with Gasteiger partial charge >= 0.3 is 5.97 Å². The summed E-state index contributed by atoms with van der Waals surface area (Å²) < 4.78 is 12.6. The molecule has 6 heteroatoms. The van der Waals surface area contributed by atoms with E-state index in [0.29, 0.717) is 16.5 Å². The summed E-state index contributed by atoms with van der Waals surface area (Å²) >= 11 is 0. The molecule has 1 saturated heterocycles. The number of fused-ring (bicyclic) bond motifs is 2. The van der Waals surface area contributed by atoms with Crippen molar-refractivity contribution < 1.29 is 14.3 Å². The zero-order chi connectivity index (χ0) is 17.9. The quantitative estimate of drug-likeness (QED) is 0.791. The van der Waals surface area contributed by atoms with Crippen molar-refractivity contribution in [3.63, 3.8) is 0 Å². The van der Waals surface area contributed by atoms with E-state index in [1.165, 1.54) is 6.42 Å². The van der Waals surface area contributed by atoms with Gasteiger partial charge in [-0.3, -0.25) is 9.36 Å². The average molecular weight is 356 g/mol. The van der Waals surface area contributed by atoms with Gasteiger partial charge in [-0.05, 0) is 43.9 Å². The van der Waals surface area contributed by atoms with Crippen molar-refractivity contribution in [1.29, 1.82) is 0 Å². The molecule has 26 heavy (non-hydrogen) atoms. The molecule has 2 aromatic rings. The number of nitrogens with zero attached hydrogens (tertiary/aromatic N) is 2. The van der Waals surface area contributed by atoms with Gasteiger partial charge in [-0.2, -0.15) is 0 Å². The van der Waals surface area contributed by atoms with Crippen LogP contribution in [0.5, 0.6) is 0 Å². The van der Waals surface area contributed by atoms with Gasteiger partial charge in [-0.1, -0.05) is 12.8 Å². The Bertz CT molecular complexity index is 868. The molecule has 0 aliphatic carbocycles. The minimum atomic E-state index is -0.393. The molecule has 138 valence electrons. The Morgan fingerprint density at radius 2 is 2.12 bits per heavy atom. The Kier molecular flexibility index (Phi) is 5.02. The van der Waals surface area contributed by atoms with E-state index in [-0.39, 0.29) is 18.3 Å². The summed E-state index contributed by atoms with van der Waals surface area (Å²) in [5.74, 6) is 0.433. The van der Waals surface area contributed by atoms with Gasteiger partial charge in [0.25, 0.3) is 5.56 Å². The number of aryl methyl sites for hydroxylation is 1. The van der Waals surface area contributed by atoms with E-state index in [2.05, 4.69) is 4.98 Å². The number of ether oxygens (including phenoxy) is 2. The zero-order valence-corrected chi connectivity index (χ0v) is 14.9. The van der Waals surface area contributed by atoms with E-state index in [4.69, 9.17) is 9.47 Å². The lowest BCUT2D eigenvalue weighted by Crippen LogP contribution is -2.26. The van der Waals surface area contributed by atoms with Crippen molar-refractivity contribution in [3.05, 3.63) is 39.9 Å². The standard InChI is InChI=1S/C20H24N2O4/c23-19-16-9-8-14(20(24)26-13-15-6-5-11-25-15)12-17(16)21-18-7-3-1-2-4-10-22(18)19/h8-9,12,15H,1-7,10-11,13H2. The number of benzene rings is 1. The summed E-state index contributed by atoms with van der Waals surface area (Å²) in [6, 6.07) is 5.02. The molecule has 1 atom stereocenters. The predicted octanol–water partition coefficient (Wildman–Crippen LogP) is 2.85.